The summed E-state index contributed by atoms with van der Waals surface area (Å²) in [7, 11) is 0. The molecule has 1 aromatic carbocycles. The minimum atomic E-state index is -0.134. The molecule has 4 rings (SSSR count). The monoisotopic (exact) mass is 336 g/mol. The second-order valence-electron chi connectivity index (χ2n) is 6.14. The molecule has 2 aromatic heterocycles. The zero-order valence-corrected chi connectivity index (χ0v) is 13.8. The number of amides is 1. The zero-order chi connectivity index (χ0) is 17.1. The second-order valence-corrected chi connectivity index (χ2v) is 6.14. The Kier molecular flexibility index (Phi) is 4.35. The zero-order valence-electron chi connectivity index (χ0n) is 13.8. The molecule has 1 fully saturated rings. The Bertz CT molecular complexity index is 831. The average molecular weight is 336 g/mol. The van der Waals surface area contributed by atoms with E-state index in [2.05, 4.69) is 10.4 Å². The van der Waals surface area contributed by atoms with Crippen LogP contribution in [0.1, 0.15) is 29.2 Å². The summed E-state index contributed by atoms with van der Waals surface area (Å²) in [6.07, 6.45) is 9.44. The molecule has 1 aliphatic rings. The van der Waals surface area contributed by atoms with Crippen LogP contribution in [-0.2, 0) is 4.74 Å². The quantitative estimate of drug-likeness (QED) is 0.795. The number of nitrogens with zero attached hydrogens (tertiary/aromatic N) is 3. The predicted octanol–water partition coefficient (Wildman–Crippen LogP) is 3.28. The van der Waals surface area contributed by atoms with Crippen LogP contribution >= 0.6 is 0 Å². The van der Waals surface area contributed by atoms with Crippen LogP contribution in [0.25, 0.3) is 5.69 Å². The normalized spacial score (nSPS) is 15.2. The number of carbonyl (C=O) groups excluding carboxylic acids is 1. The highest BCUT2D eigenvalue weighted by Gasteiger charge is 2.17. The van der Waals surface area contributed by atoms with Crippen LogP contribution in [0.2, 0.25) is 0 Å². The van der Waals surface area contributed by atoms with Crippen molar-refractivity contribution in [3.8, 4) is 5.69 Å². The number of carbonyl (C=O) groups is 1. The predicted molar refractivity (Wildman–Crippen MR) is 95.0 cm³/mol. The first kappa shape index (κ1) is 15.7. The second kappa shape index (κ2) is 6.94. The number of hydrogen-bond acceptors (Lipinski definition) is 3. The van der Waals surface area contributed by atoms with Crippen molar-refractivity contribution in [2.24, 2.45) is 0 Å². The molecule has 0 radical (unpaired) electrons. The third-order valence-corrected chi connectivity index (χ3v) is 4.46. The molecule has 6 heteroatoms. The van der Waals surface area contributed by atoms with Crippen LogP contribution in [0.4, 0.5) is 5.69 Å². The summed E-state index contributed by atoms with van der Waals surface area (Å²) in [5, 5.41) is 7.29. The maximum Gasteiger partial charge on any atom is 0.255 e. The molecule has 3 aromatic rings. The van der Waals surface area contributed by atoms with E-state index in [1.807, 2.05) is 64.2 Å². The van der Waals surface area contributed by atoms with E-state index in [4.69, 9.17) is 4.74 Å². The average Bonchev–Trinajstić information content (AvgIpc) is 3.35. The van der Waals surface area contributed by atoms with Gasteiger partial charge in [0.05, 0.1) is 17.9 Å². The summed E-state index contributed by atoms with van der Waals surface area (Å²) < 4.78 is 9.30. The van der Waals surface area contributed by atoms with Crippen molar-refractivity contribution in [3.05, 3.63) is 66.7 Å². The summed E-state index contributed by atoms with van der Waals surface area (Å²) in [5.74, 6) is -0.134. The SMILES string of the molecule is O=C(Nc1cnn(C2CCOCC2)c1)c1ccc(-n2cccc2)cc1. The van der Waals surface area contributed by atoms with Crippen LogP contribution in [0.3, 0.4) is 0 Å². The number of hydrogen-bond donors (Lipinski definition) is 1. The molecule has 0 atom stereocenters. The van der Waals surface area contributed by atoms with Crippen molar-refractivity contribution in [1.29, 1.82) is 0 Å². The fourth-order valence-electron chi connectivity index (χ4n) is 3.05. The highest BCUT2D eigenvalue weighted by Crippen LogP contribution is 2.21. The summed E-state index contributed by atoms with van der Waals surface area (Å²) in [6, 6.07) is 11.8. The van der Waals surface area contributed by atoms with Crippen molar-refractivity contribution >= 4 is 11.6 Å². The van der Waals surface area contributed by atoms with E-state index >= 15 is 0 Å². The van der Waals surface area contributed by atoms with Gasteiger partial charge in [0, 0.05) is 43.1 Å². The summed E-state index contributed by atoms with van der Waals surface area (Å²) in [4.78, 5) is 12.4. The Balaban J connectivity index is 1.42. The number of benzene rings is 1. The highest BCUT2D eigenvalue weighted by atomic mass is 16.5. The molecule has 1 aliphatic heterocycles. The van der Waals surface area contributed by atoms with Gasteiger partial charge >= 0.3 is 0 Å². The Morgan fingerprint density at radius 2 is 1.84 bits per heavy atom. The molecular weight excluding hydrogens is 316 g/mol. The first-order chi connectivity index (χ1) is 12.3. The molecule has 1 amide bonds. The molecule has 0 spiro atoms. The summed E-state index contributed by atoms with van der Waals surface area (Å²) >= 11 is 0. The van der Waals surface area contributed by atoms with Crippen molar-refractivity contribution in [1.82, 2.24) is 14.3 Å². The lowest BCUT2D eigenvalue weighted by molar-refractivity contribution is 0.0662. The topological polar surface area (TPSA) is 61.1 Å². The molecule has 128 valence electrons. The van der Waals surface area contributed by atoms with Crippen molar-refractivity contribution in [2.45, 2.75) is 18.9 Å². The maximum atomic E-state index is 12.4. The van der Waals surface area contributed by atoms with Gasteiger partial charge in [0.1, 0.15) is 0 Å². The lowest BCUT2D eigenvalue weighted by Crippen LogP contribution is -2.19. The van der Waals surface area contributed by atoms with Crippen molar-refractivity contribution < 1.29 is 9.53 Å². The fourth-order valence-corrected chi connectivity index (χ4v) is 3.05. The first-order valence-electron chi connectivity index (χ1n) is 8.46. The number of rotatable bonds is 4. The Hall–Kier alpha value is -2.86. The fraction of sp³-hybridized carbons (Fsp3) is 0.263. The van der Waals surface area contributed by atoms with Gasteiger partial charge in [-0.1, -0.05) is 0 Å². The van der Waals surface area contributed by atoms with Gasteiger partial charge in [0.15, 0.2) is 0 Å². The van der Waals surface area contributed by atoms with Crippen LogP contribution in [0, 0.1) is 0 Å². The molecule has 3 heterocycles. The molecule has 25 heavy (non-hydrogen) atoms. The molecule has 1 saturated heterocycles. The molecule has 0 saturated carbocycles. The smallest absolute Gasteiger partial charge is 0.255 e. The van der Waals surface area contributed by atoms with E-state index in [9.17, 15) is 4.79 Å². The summed E-state index contributed by atoms with van der Waals surface area (Å²) in [6.45, 7) is 1.53. The van der Waals surface area contributed by atoms with E-state index < -0.39 is 0 Å². The van der Waals surface area contributed by atoms with Gasteiger partial charge in [-0.15, -0.1) is 0 Å². The van der Waals surface area contributed by atoms with Gasteiger partial charge in [0.25, 0.3) is 5.91 Å². The number of aromatic nitrogens is 3. The summed E-state index contributed by atoms with van der Waals surface area (Å²) in [5.41, 5.74) is 2.36. The van der Waals surface area contributed by atoms with Gasteiger partial charge in [-0.2, -0.15) is 5.10 Å². The number of anilines is 1. The van der Waals surface area contributed by atoms with Crippen molar-refractivity contribution in [3.63, 3.8) is 0 Å². The number of nitrogens with one attached hydrogen (secondary N) is 1. The van der Waals surface area contributed by atoms with E-state index in [0.717, 1.165) is 31.7 Å². The Morgan fingerprint density at radius 1 is 1.12 bits per heavy atom. The van der Waals surface area contributed by atoms with Gasteiger partial charge in [0.2, 0.25) is 0 Å². The Morgan fingerprint density at radius 3 is 2.56 bits per heavy atom. The van der Waals surface area contributed by atoms with Gasteiger partial charge in [-0.05, 0) is 49.2 Å². The third-order valence-electron chi connectivity index (χ3n) is 4.46. The molecule has 1 N–H and O–H groups in total. The van der Waals surface area contributed by atoms with Crippen LogP contribution in [-0.4, -0.2) is 33.5 Å². The minimum absolute atomic E-state index is 0.134. The van der Waals surface area contributed by atoms with E-state index in [1.54, 1.807) is 6.20 Å². The lowest BCUT2D eigenvalue weighted by atomic mass is 10.1. The third kappa shape index (κ3) is 3.49. The largest absolute Gasteiger partial charge is 0.381 e. The molecule has 6 nitrogen and oxygen atoms in total. The maximum absolute atomic E-state index is 12.4. The van der Waals surface area contributed by atoms with Gasteiger partial charge in [-0.25, -0.2) is 0 Å². The van der Waals surface area contributed by atoms with Crippen LogP contribution in [0.15, 0.2) is 61.2 Å². The number of ether oxygens (including phenoxy) is 1. The molecule has 0 unspecified atom stereocenters. The minimum Gasteiger partial charge on any atom is -0.381 e. The van der Waals surface area contributed by atoms with Crippen LogP contribution < -0.4 is 5.32 Å². The molecule has 0 aliphatic carbocycles. The van der Waals surface area contributed by atoms with Gasteiger partial charge in [-0.3, -0.25) is 9.48 Å². The van der Waals surface area contributed by atoms with Gasteiger partial charge < -0.3 is 14.6 Å². The van der Waals surface area contributed by atoms with E-state index in [1.165, 1.54) is 0 Å². The van der Waals surface area contributed by atoms with E-state index in [-0.39, 0.29) is 5.91 Å². The molecule has 0 bridgehead atoms. The van der Waals surface area contributed by atoms with Crippen molar-refractivity contribution in [2.75, 3.05) is 18.5 Å². The van der Waals surface area contributed by atoms with Crippen LogP contribution in [0.5, 0.6) is 0 Å². The standard InChI is InChI=1S/C19H20N4O2/c24-19(15-3-5-17(6-4-15)22-9-1-2-10-22)21-16-13-20-23(14-16)18-7-11-25-12-8-18/h1-6,9-10,13-14,18H,7-8,11-12H2,(H,21,24). The molecular formula is C19H20N4O2. The highest BCUT2D eigenvalue weighted by molar-refractivity contribution is 6.04. The lowest BCUT2D eigenvalue weighted by Gasteiger charge is -2.22. The van der Waals surface area contributed by atoms with E-state index in [0.29, 0.717) is 17.3 Å². The Labute approximate surface area is 146 Å². The first-order valence-corrected chi connectivity index (χ1v) is 8.46.